The van der Waals surface area contributed by atoms with Gasteiger partial charge in [-0.1, -0.05) is 11.3 Å². The first-order chi connectivity index (χ1) is 7.95. The van der Waals surface area contributed by atoms with Crippen molar-refractivity contribution in [3.05, 3.63) is 4.88 Å². The second-order valence-corrected chi connectivity index (χ2v) is 4.89. The molecule has 0 aliphatic heterocycles. The van der Waals surface area contributed by atoms with E-state index in [9.17, 15) is 4.79 Å². The first-order valence-electron chi connectivity index (χ1n) is 5.19. The van der Waals surface area contributed by atoms with E-state index in [1.54, 1.807) is 14.0 Å². The molecule has 7 heteroatoms. The fourth-order valence-corrected chi connectivity index (χ4v) is 2.04. The molecule has 0 spiro atoms. The highest BCUT2D eigenvalue weighted by Crippen LogP contribution is 2.30. The van der Waals surface area contributed by atoms with Crippen LogP contribution in [-0.4, -0.2) is 38.1 Å². The van der Waals surface area contributed by atoms with Crippen molar-refractivity contribution in [3.63, 3.8) is 0 Å². The average molecular weight is 258 g/mol. The minimum atomic E-state index is -0.374. The molecule has 0 fully saturated rings. The number of rotatable bonds is 6. The van der Waals surface area contributed by atoms with Gasteiger partial charge in [0.25, 0.3) is 0 Å². The largest absolute Gasteiger partial charge is 0.480 e. The van der Waals surface area contributed by atoms with Crippen molar-refractivity contribution in [1.29, 1.82) is 0 Å². The Hall–Kier alpha value is -1.34. The van der Waals surface area contributed by atoms with Gasteiger partial charge in [-0.2, -0.15) is 4.98 Å². The molecule has 1 aromatic heterocycles. The normalized spacial score (nSPS) is 12.2. The summed E-state index contributed by atoms with van der Waals surface area (Å²) < 4.78 is 5.19. The third-order valence-electron chi connectivity index (χ3n) is 2.22. The zero-order valence-electron chi connectivity index (χ0n) is 10.5. The highest BCUT2D eigenvalue weighted by atomic mass is 32.1. The van der Waals surface area contributed by atoms with Gasteiger partial charge < -0.3 is 20.7 Å². The predicted molar refractivity (Wildman–Crippen MR) is 68.5 cm³/mol. The summed E-state index contributed by atoms with van der Waals surface area (Å²) in [5.41, 5.74) is 5.17. The fraction of sp³-hybridized carbons (Fsp3) is 0.600. The van der Waals surface area contributed by atoms with Gasteiger partial charge in [0.2, 0.25) is 11.8 Å². The van der Waals surface area contributed by atoms with E-state index >= 15 is 0 Å². The molecule has 6 nitrogen and oxygen atoms in total. The van der Waals surface area contributed by atoms with E-state index < -0.39 is 0 Å². The molecular formula is C10H18N4O2S. The highest BCUT2D eigenvalue weighted by molar-refractivity contribution is 7.15. The Morgan fingerprint density at radius 1 is 1.65 bits per heavy atom. The molecular weight excluding hydrogens is 240 g/mol. The van der Waals surface area contributed by atoms with Crippen molar-refractivity contribution >= 4 is 22.4 Å². The number of carbonyl (C=O) groups is 1. The monoisotopic (exact) mass is 258 g/mol. The van der Waals surface area contributed by atoms with Crippen LogP contribution in [0.5, 0.6) is 5.88 Å². The molecule has 0 aromatic carbocycles. The molecule has 1 amide bonds. The second-order valence-electron chi connectivity index (χ2n) is 3.83. The first-order valence-corrected chi connectivity index (χ1v) is 6.01. The molecule has 96 valence electrons. The molecule has 1 atom stereocenters. The third kappa shape index (κ3) is 3.57. The first kappa shape index (κ1) is 13.7. The van der Waals surface area contributed by atoms with E-state index in [1.807, 2.05) is 19.0 Å². The smallest absolute Gasteiger partial charge is 0.234 e. The van der Waals surface area contributed by atoms with E-state index in [2.05, 4.69) is 10.3 Å². The standard InChI is InChI=1S/C10H18N4O2S/c1-6(8(11)15)12-5-7-9(16-4)13-10(17-7)14(2)3/h6,12H,5H2,1-4H3,(H2,11,15). The van der Waals surface area contributed by atoms with Gasteiger partial charge >= 0.3 is 0 Å². The number of thiazole rings is 1. The number of nitrogens with two attached hydrogens (primary N) is 1. The number of nitrogens with one attached hydrogen (secondary N) is 1. The Balaban J connectivity index is 2.72. The summed E-state index contributed by atoms with van der Waals surface area (Å²) in [5.74, 6) is 0.212. The van der Waals surface area contributed by atoms with Gasteiger partial charge in [0, 0.05) is 20.6 Å². The summed E-state index contributed by atoms with van der Waals surface area (Å²) in [6.07, 6.45) is 0. The lowest BCUT2D eigenvalue weighted by atomic mass is 10.3. The zero-order chi connectivity index (χ0) is 13.0. The maximum atomic E-state index is 10.9. The van der Waals surface area contributed by atoms with Crippen molar-refractivity contribution in [1.82, 2.24) is 10.3 Å². The lowest BCUT2D eigenvalue weighted by Gasteiger charge is -2.08. The molecule has 1 unspecified atom stereocenters. The molecule has 0 saturated carbocycles. The molecule has 3 N–H and O–H groups in total. The topological polar surface area (TPSA) is 80.5 Å². The van der Waals surface area contributed by atoms with Crippen molar-refractivity contribution in [2.75, 3.05) is 26.1 Å². The number of amides is 1. The van der Waals surface area contributed by atoms with Crippen LogP contribution in [-0.2, 0) is 11.3 Å². The number of hydrogen-bond acceptors (Lipinski definition) is 6. The minimum Gasteiger partial charge on any atom is -0.480 e. The van der Waals surface area contributed by atoms with Crippen LogP contribution in [0.25, 0.3) is 0 Å². The Morgan fingerprint density at radius 2 is 2.29 bits per heavy atom. The Bertz CT molecular complexity index is 392. The molecule has 0 bridgehead atoms. The van der Waals surface area contributed by atoms with E-state index in [0.29, 0.717) is 12.4 Å². The number of carbonyl (C=O) groups excluding carboxylic acids is 1. The van der Waals surface area contributed by atoms with Crippen LogP contribution < -0.4 is 20.7 Å². The lowest BCUT2D eigenvalue weighted by molar-refractivity contribution is -0.119. The molecule has 0 saturated heterocycles. The number of primary amides is 1. The third-order valence-corrected chi connectivity index (χ3v) is 3.43. The molecule has 0 radical (unpaired) electrons. The lowest BCUT2D eigenvalue weighted by Crippen LogP contribution is -2.38. The number of anilines is 1. The van der Waals surface area contributed by atoms with Gasteiger partial charge in [0.05, 0.1) is 18.0 Å². The molecule has 17 heavy (non-hydrogen) atoms. The van der Waals surface area contributed by atoms with Crippen molar-refractivity contribution in [3.8, 4) is 5.88 Å². The van der Waals surface area contributed by atoms with Crippen LogP contribution in [0.3, 0.4) is 0 Å². The average Bonchev–Trinajstić information content (AvgIpc) is 2.68. The number of methoxy groups -OCH3 is 1. The molecule has 0 aliphatic carbocycles. The predicted octanol–water partition coefficient (Wildman–Crippen LogP) is 0.181. The van der Waals surface area contributed by atoms with Gasteiger partial charge in [-0.15, -0.1) is 0 Å². The van der Waals surface area contributed by atoms with Crippen LogP contribution in [0.1, 0.15) is 11.8 Å². The maximum absolute atomic E-state index is 10.9. The molecule has 1 rings (SSSR count). The van der Waals surface area contributed by atoms with Crippen molar-refractivity contribution in [2.24, 2.45) is 5.73 Å². The van der Waals surface area contributed by atoms with Crippen molar-refractivity contribution in [2.45, 2.75) is 19.5 Å². The van der Waals surface area contributed by atoms with Gasteiger partial charge in [-0.05, 0) is 6.92 Å². The van der Waals surface area contributed by atoms with E-state index in [0.717, 1.165) is 10.0 Å². The SMILES string of the molecule is COc1nc(N(C)C)sc1CNC(C)C(N)=O. The summed E-state index contributed by atoms with van der Waals surface area (Å²) >= 11 is 1.52. The molecule has 0 aliphatic rings. The number of hydrogen-bond donors (Lipinski definition) is 2. The Kier molecular flexibility index (Phi) is 4.71. The van der Waals surface area contributed by atoms with Crippen molar-refractivity contribution < 1.29 is 9.53 Å². The van der Waals surface area contributed by atoms with Gasteiger partial charge in [-0.3, -0.25) is 4.79 Å². The zero-order valence-corrected chi connectivity index (χ0v) is 11.3. The van der Waals surface area contributed by atoms with Gasteiger partial charge in [-0.25, -0.2) is 0 Å². The van der Waals surface area contributed by atoms with Crippen LogP contribution in [0.4, 0.5) is 5.13 Å². The second kappa shape index (κ2) is 5.83. The molecule has 1 heterocycles. The summed E-state index contributed by atoms with van der Waals surface area (Å²) in [7, 11) is 5.42. The summed E-state index contributed by atoms with van der Waals surface area (Å²) in [4.78, 5) is 18.1. The summed E-state index contributed by atoms with van der Waals surface area (Å²) in [6, 6.07) is -0.371. The van der Waals surface area contributed by atoms with Crippen LogP contribution in [0, 0.1) is 0 Å². The van der Waals surface area contributed by atoms with Crippen LogP contribution in [0.2, 0.25) is 0 Å². The summed E-state index contributed by atoms with van der Waals surface area (Å²) in [5, 5.41) is 3.89. The van der Waals surface area contributed by atoms with Gasteiger partial charge in [0.15, 0.2) is 5.13 Å². The Morgan fingerprint density at radius 3 is 2.76 bits per heavy atom. The van der Waals surface area contributed by atoms with E-state index in [1.165, 1.54) is 11.3 Å². The summed E-state index contributed by atoms with van der Waals surface area (Å²) in [6.45, 7) is 2.24. The number of nitrogens with zero attached hydrogens (tertiary/aromatic N) is 2. The fourth-order valence-electron chi connectivity index (χ4n) is 1.13. The quantitative estimate of drug-likeness (QED) is 0.761. The van der Waals surface area contributed by atoms with E-state index in [4.69, 9.17) is 10.5 Å². The minimum absolute atomic E-state index is 0.371. The van der Waals surface area contributed by atoms with Crippen LogP contribution >= 0.6 is 11.3 Å². The van der Waals surface area contributed by atoms with Gasteiger partial charge in [0.1, 0.15) is 0 Å². The number of ether oxygens (including phenoxy) is 1. The number of aromatic nitrogens is 1. The maximum Gasteiger partial charge on any atom is 0.234 e. The molecule has 1 aromatic rings. The highest BCUT2D eigenvalue weighted by Gasteiger charge is 2.15. The Labute approximate surface area is 105 Å². The van der Waals surface area contributed by atoms with E-state index in [-0.39, 0.29) is 11.9 Å². The van der Waals surface area contributed by atoms with Crippen LogP contribution in [0.15, 0.2) is 0 Å².